The first kappa shape index (κ1) is 14.9. The molecule has 0 N–H and O–H groups in total. The number of carbonyl (C=O) groups is 1. The summed E-state index contributed by atoms with van der Waals surface area (Å²) in [7, 11) is 0. The van der Waals surface area contributed by atoms with E-state index in [1.54, 1.807) is 26.8 Å². The predicted molar refractivity (Wildman–Crippen MR) is 72.6 cm³/mol. The van der Waals surface area contributed by atoms with E-state index in [1.807, 2.05) is 0 Å². The molecule has 0 amide bonds. The Balaban J connectivity index is 3.11. The molecule has 0 aliphatic rings. The third-order valence-corrected chi connectivity index (χ3v) is 2.44. The number of benzene rings is 1. The molecule has 0 radical (unpaired) electrons. The van der Waals surface area contributed by atoms with Crippen molar-refractivity contribution < 1.29 is 14.5 Å². The smallest absolute Gasteiger partial charge is 0.311 e. The molecule has 0 unspecified atom stereocenters. The van der Waals surface area contributed by atoms with Gasteiger partial charge in [0.25, 0.3) is 0 Å². The van der Waals surface area contributed by atoms with Gasteiger partial charge < -0.3 is 4.74 Å². The van der Waals surface area contributed by atoms with Crippen LogP contribution in [0.1, 0.15) is 31.1 Å². The van der Waals surface area contributed by atoms with Gasteiger partial charge in [-0.3, -0.25) is 14.9 Å². The Hall–Kier alpha value is -2.17. The molecule has 0 fully saturated rings. The summed E-state index contributed by atoms with van der Waals surface area (Å²) in [6, 6.07) is 4.26. The molecule has 1 aromatic carbocycles. The van der Waals surface area contributed by atoms with Crippen LogP contribution in [0.4, 0.5) is 5.69 Å². The Labute approximate surface area is 112 Å². The number of rotatable bonds is 6. The maximum Gasteiger partial charge on any atom is 0.311 e. The molecule has 0 bridgehead atoms. The maximum absolute atomic E-state index is 11.8. The van der Waals surface area contributed by atoms with E-state index in [9.17, 15) is 14.9 Å². The lowest BCUT2D eigenvalue weighted by Crippen LogP contribution is -2.08. The van der Waals surface area contributed by atoms with Gasteiger partial charge in [-0.05, 0) is 24.6 Å². The Morgan fingerprint density at radius 2 is 2.11 bits per heavy atom. The quantitative estimate of drug-likeness (QED) is 0.341. The number of ether oxygens (including phenoxy) is 1. The van der Waals surface area contributed by atoms with E-state index in [1.165, 1.54) is 12.1 Å². The first-order chi connectivity index (χ1) is 8.82. The summed E-state index contributed by atoms with van der Waals surface area (Å²) in [6.07, 6.45) is 0. The normalized spacial score (nSPS) is 10.3. The zero-order chi connectivity index (χ0) is 14.6. The molecule has 102 valence electrons. The molecule has 5 nitrogen and oxygen atoms in total. The fourth-order valence-electron chi connectivity index (χ4n) is 1.47. The Kier molecular flexibility index (Phi) is 4.80. The van der Waals surface area contributed by atoms with Gasteiger partial charge in [-0.2, -0.15) is 0 Å². The molecule has 0 atom stereocenters. The molecule has 0 aliphatic carbocycles. The van der Waals surface area contributed by atoms with Crippen LogP contribution in [-0.4, -0.2) is 17.3 Å². The third-order valence-electron chi connectivity index (χ3n) is 2.44. The summed E-state index contributed by atoms with van der Waals surface area (Å²) < 4.78 is 5.30. The Morgan fingerprint density at radius 3 is 2.58 bits per heavy atom. The van der Waals surface area contributed by atoms with E-state index in [4.69, 9.17) is 4.74 Å². The van der Waals surface area contributed by atoms with E-state index < -0.39 is 4.92 Å². The summed E-state index contributed by atoms with van der Waals surface area (Å²) in [5, 5.41) is 11.0. The minimum atomic E-state index is -0.551. The molecule has 0 saturated carbocycles. The van der Waals surface area contributed by atoms with Crippen LogP contribution in [0.5, 0.6) is 5.75 Å². The van der Waals surface area contributed by atoms with Crippen molar-refractivity contribution in [3.05, 3.63) is 46.0 Å². The summed E-state index contributed by atoms with van der Waals surface area (Å²) in [5.74, 6) is -0.190. The molecule has 0 saturated heterocycles. The lowest BCUT2D eigenvalue weighted by atomic mass is 10.0. The van der Waals surface area contributed by atoms with Crippen molar-refractivity contribution in [1.29, 1.82) is 0 Å². The van der Waals surface area contributed by atoms with Crippen LogP contribution in [0.25, 0.3) is 0 Å². The molecule has 5 heteroatoms. The third kappa shape index (κ3) is 3.91. The number of nitro groups is 1. The van der Waals surface area contributed by atoms with Gasteiger partial charge in [0.05, 0.1) is 4.92 Å². The van der Waals surface area contributed by atoms with Gasteiger partial charge in [0.1, 0.15) is 6.61 Å². The van der Waals surface area contributed by atoms with E-state index >= 15 is 0 Å². The van der Waals surface area contributed by atoms with Gasteiger partial charge in [-0.1, -0.05) is 20.4 Å². The van der Waals surface area contributed by atoms with Crippen LogP contribution in [0.2, 0.25) is 0 Å². The zero-order valence-corrected chi connectivity index (χ0v) is 11.3. The van der Waals surface area contributed by atoms with Crippen LogP contribution < -0.4 is 4.74 Å². The van der Waals surface area contributed by atoms with Gasteiger partial charge in [-0.15, -0.1) is 0 Å². The number of nitrogens with zero attached hydrogens (tertiary/aromatic N) is 1. The highest BCUT2D eigenvalue weighted by atomic mass is 16.6. The average Bonchev–Trinajstić information content (AvgIpc) is 2.34. The first-order valence-electron chi connectivity index (χ1n) is 5.92. The van der Waals surface area contributed by atoms with Crippen LogP contribution in [0, 0.1) is 16.0 Å². The number of Topliss-reactive ketones (excluding diaryl/α,β-unsaturated/α-hetero) is 1. The number of carbonyl (C=O) groups excluding carboxylic acids is 1. The van der Waals surface area contributed by atoms with Gasteiger partial charge in [0.15, 0.2) is 11.5 Å². The monoisotopic (exact) mass is 263 g/mol. The van der Waals surface area contributed by atoms with Crippen molar-refractivity contribution in [2.75, 3.05) is 6.61 Å². The second kappa shape index (κ2) is 6.13. The van der Waals surface area contributed by atoms with Crippen LogP contribution in [-0.2, 0) is 0 Å². The SMILES string of the molecule is C=C(C)COc1ccc(C(=O)C(C)C)cc1[N+](=O)[O-]. The average molecular weight is 263 g/mol. The number of nitro benzene ring substituents is 1. The van der Waals surface area contributed by atoms with Gasteiger partial charge in [-0.25, -0.2) is 0 Å². The van der Waals surface area contributed by atoms with Crippen LogP contribution >= 0.6 is 0 Å². The van der Waals surface area contributed by atoms with Crippen molar-refractivity contribution in [3.63, 3.8) is 0 Å². The maximum atomic E-state index is 11.8. The molecule has 1 aromatic rings. The molecule has 0 aromatic heterocycles. The fourth-order valence-corrected chi connectivity index (χ4v) is 1.47. The van der Waals surface area contributed by atoms with E-state index in [0.29, 0.717) is 5.56 Å². The summed E-state index contributed by atoms with van der Waals surface area (Å²) in [5.41, 5.74) is 0.883. The van der Waals surface area contributed by atoms with Crippen molar-refractivity contribution >= 4 is 11.5 Å². The first-order valence-corrected chi connectivity index (χ1v) is 5.92. The fraction of sp³-hybridized carbons (Fsp3) is 0.357. The largest absolute Gasteiger partial charge is 0.482 e. The van der Waals surface area contributed by atoms with E-state index in [2.05, 4.69) is 6.58 Å². The highest BCUT2D eigenvalue weighted by molar-refractivity contribution is 5.98. The standard InChI is InChI=1S/C14H17NO4/c1-9(2)8-19-13-6-5-11(14(16)10(3)4)7-12(13)15(17)18/h5-7,10H,1,8H2,2-4H3. The lowest BCUT2D eigenvalue weighted by Gasteiger charge is -2.09. The number of hydrogen-bond acceptors (Lipinski definition) is 4. The van der Waals surface area contributed by atoms with Crippen molar-refractivity contribution in [2.45, 2.75) is 20.8 Å². The summed E-state index contributed by atoms with van der Waals surface area (Å²) in [4.78, 5) is 22.3. The number of ketones is 1. The summed E-state index contributed by atoms with van der Waals surface area (Å²) >= 11 is 0. The van der Waals surface area contributed by atoms with Gasteiger partial charge in [0, 0.05) is 17.5 Å². The van der Waals surface area contributed by atoms with Gasteiger partial charge >= 0.3 is 5.69 Å². The van der Waals surface area contributed by atoms with Crippen molar-refractivity contribution in [3.8, 4) is 5.75 Å². The topological polar surface area (TPSA) is 69.4 Å². The van der Waals surface area contributed by atoms with Crippen LogP contribution in [0.3, 0.4) is 0 Å². The minimum absolute atomic E-state index is 0.130. The zero-order valence-electron chi connectivity index (χ0n) is 11.3. The molecule has 19 heavy (non-hydrogen) atoms. The molecule has 0 heterocycles. The van der Waals surface area contributed by atoms with Gasteiger partial charge in [0.2, 0.25) is 0 Å². The van der Waals surface area contributed by atoms with Crippen LogP contribution in [0.15, 0.2) is 30.4 Å². The highest BCUT2D eigenvalue weighted by Crippen LogP contribution is 2.29. The lowest BCUT2D eigenvalue weighted by molar-refractivity contribution is -0.385. The molecule has 1 rings (SSSR count). The summed E-state index contributed by atoms with van der Waals surface area (Å²) in [6.45, 7) is 9.14. The van der Waals surface area contributed by atoms with E-state index in [0.717, 1.165) is 5.57 Å². The molecular weight excluding hydrogens is 246 g/mol. The molecular formula is C14H17NO4. The van der Waals surface area contributed by atoms with Crippen molar-refractivity contribution in [1.82, 2.24) is 0 Å². The molecule has 0 spiro atoms. The Bertz CT molecular complexity index is 520. The predicted octanol–water partition coefficient (Wildman–Crippen LogP) is 3.39. The van der Waals surface area contributed by atoms with E-state index in [-0.39, 0.29) is 29.7 Å². The molecule has 0 aliphatic heterocycles. The minimum Gasteiger partial charge on any atom is -0.482 e. The number of hydrogen-bond donors (Lipinski definition) is 0. The highest BCUT2D eigenvalue weighted by Gasteiger charge is 2.20. The Morgan fingerprint density at radius 1 is 1.47 bits per heavy atom. The van der Waals surface area contributed by atoms with Crippen molar-refractivity contribution in [2.24, 2.45) is 5.92 Å². The second-order valence-corrected chi connectivity index (χ2v) is 4.70. The second-order valence-electron chi connectivity index (χ2n) is 4.70.